The standard InChI is InChI=1S/C10H14O3/c1-12-9-4-3-8(5-6-11)7-10(9)13-2/h3-4,7,11H,5-6H2,1-2H3/i3D. The van der Waals surface area contributed by atoms with E-state index in [0.29, 0.717) is 24.0 Å². The Bertz CT molecular complexity index is 312. The van der Waals surface area contributed by atoms with Gasteiger partial charge < -0.3 is 14.6 Å². The third-order valence-electron chi connectivity index (χ3n) is 1.76. The zero-order valence-corrected chi connectivity index (χ0v) is 7.83. The maximum atomic E-state index is 8.78. The van der Waals surface area contributed by atoms with Gasteiger partial charge in [0.1, 0.15) is 0 Å². The zero-order chi connectivity index (χ0) is 10.6. The van der Waals surface area contributed by atoms with Gasteiger partial charge in [0.05, 0.1) is 15.6 Å². The second kappa shape index (κ2) is 4.72. The summed E-state index contributed by atoms with van der Waals surface area (Å²) in [7, 11) is 3.08. The van der Waals surface area contributed by atoms with Gasteiger partial charge in [-0.25, -0.2) is 0 Å². The van der Waals surface area contributed by atoms with Crippen LogP contribution in [0.5, 0.6) is 11.5 Å². The van der Waals surface area contributed by atoms with Crippen LogP contribution in [0.2, 0.25) is 0 Å². The highest BCUT2D eigenvalue weighted by molar-refractivity contribution is 5.42. The van der Waals surface area contributed by atoms with Crippen molar-refractivity contribution in [3.05, 3.63) is 23.7 Å². The average molecular weight is 183 g/mol. The number of aliphatic hydroxyl groups is 1. The van der Waals surface area contributed by atoms with E-state index in [1.165, 1.54) is 7.11 Å². The van der Waals surface area contributed by atoms with Gasteiger partial charge in [0.25, 0.3) is 0 Å². The summed E-state index contributed by atoms with van der Waals surface area (Å²) < 4.78 is 17.8. The lowest BCUT2D eigenvalue weighted by Crippen LogP contribution is -1.94. The Balaban J connectivity index is 3.09. The van der Waals surface area contributed by atoms with E-state index in [-0.39, 0.29) is 6.61 Å². The van der Waals surface area contributed by atoms with Crippen LogP contribution in [0.15, 0.2) is 18.2 Å². The van der Waals surface area contributed by atoms with Crippen molar-refractivity contribution >= 4 is 0 Å². The number of benzene rings is 1. The molecule has 13 heavy (non-hydrogen) atoms. The van der Waals surface area contributed by atoms with E-state index < -0.39 is 0 Å². The van der Waals surface area contributed by atoms with Gasteiger partial charge in [0.15, 0.2) is 11.5 Å². The molecule has 3 nitrogen and oxygen atoms in total. The van der Waals surface area contributed by atoms with Crippen LogP contribution in [0.4, 0.5) is 0 Å². The lowest BCUT2D eigenvalue weighted by molar-refractivity contribution is 0.299. The van der Waals surface area contributed by atoms with Gasteiger partial charge in [-0.2, -0.15) is 0 Å². The van der Waals surface area contributed by atoms with E-state index in [4.69, 9.17) is 16.0 Å². The summed E-state index contributed by atoms with van der Waals surface area (Å²) in [5, 5.41) is 8.78. The van der Waals surface area contributed by atoms with Crippen molar-refractivity contribution in [3.8, 4) is 11.5 Å². The van der Waals surface area contributed by atoms with Gasteiger partial charge in [-0.15, -0.1) is 0 Å². The quantitative estimate of drug-likeness (QED) is 0.763. The van der Waals surface area contributed by atoms with E-state index in [9.17, 15) is 0 Å². The Labute approximate surface area is 79.3 Å². The van der Waals surface area contributed by atoms with Crippen LogP contribution in [-0.2, 0) is 6.42 Å². The molecule has 0 saturated heterocycles. The molecule has 0 heterocycles. The van der Waals surface area contributed by atoms with Gasteiger partial charge in [0.2, 0.25) is 0 Å². The topological polar surface area (TPSA) is 38.7 Å². The van der Waals surface area contributed by atoms with Crippen LogP contribution in [0.25, 0.3) is 0 Å². The number of methoxy groups -OCH3 is 2. The molecule has 0 aliphatic rings. The molecule has 1 aromatic carbocycles. The number of rotatable bonds is 4. The molecular formula is C10H14O3. The number of hydrogen-bond donors (Lipinski definition) is 1. The Morgan fingerprint density at radius 1 is 1.38 bits per heavy atom. The maximum absolute atomic E-state index is 8.78. The minimum absolute atomic E-state index is 0.0291. The molecule has 0 atom stereocenters. The Morgan fingerprint density at radius 3 is 2.62 bits per heavy atom. The van der Waals surface area contributed by atoms with Crippen molar-refractivity contribution < 1.29 is 16.0 Å². The van der Waals surface area contributed by atoms with E-state index in [1.807, 2.05) is 0 Å². The SMILES string of the molecule is [2H]c1cc(OC)c(OC)cc1CCO. The first kappa shape index (κ1) is 8.38. The van der Waals surface area contributed by atoms with Crippen molar-refractivity contribution in [2.24, 2.45) is 0 Å². The Morgan fingerprint density at radius 2 is 2.08 bits per heavy atom. The van der Waals surface area contributed by atoms with Crippen molar-refractivity contribution in [1.29, 1.82) is 0 Å². The molecule has 1 N–H and O–H groups in total. The minimum atomic E-state index is 0.0291. The van der Waals surface area contributed by atoms with Gasteiger partial charge >= 0.3 is 0 Å². The molecular weight excluding hydrogens is 168 g/mol. The molecule has 0 aliphatic carbocycles. The molecule has 0 amide bonds. The van der Waals surface area contributed by atoms with Gasteiger partial charge in [-0.05, 0) is 24.1 Å². The number of hydrogen-bond acceptors (Lipinski definition) is 3. The average Bonchev–Trinajstić information content (AvgIpc) is 2.20. The van der Waals surface area contributed by atoms with Crippen LogP contribution in [-0.4, -0.2) is 25.9 Å². The molecule has 0 aromatic heterocycles. The van der Waals surface area contributed by atoms with Crippen LogP contribution in [0.3, 0.4) is 0 Å². The predicted octanol–water partition coefficient (Wildman–Crippen LogP) is 1.24. The van der Waals surface area contributed by atoms with Gasteiger partial charge in [-0.1, -0.05) is 6.04 Å². The first-order valence-electron chi connectivity index (χ1n) is 4.55. The lowest BCUT2D eigenvalue weighted by atomic mass is 10.1. The van der Waals surface area contributed by atoms with Crippen LogP contribution in [0.1, 0.15) is 6.93 Å². The molecule has 3 heteroatoms. The van der Waals surface area contributed by atoms with E-state index >= 15 is 0 Å². The fraction of sp³-hybridized carbons (Fsp3) is 0.400. The molecule has 0 bridgehead atoms. The largest absolute Gasteiger partial charge is 0.493 e. The fourth-order valence-corrected chi connectivity index (χ4v) is 1.08. The molecule has 0 spiro atoms. The van der Waals surface area contributed by atoms with Crippen LogP contribution < -0.4 is 9.47 Å². The summed E-state index contributed by atoms with van der Waals surface area (Å²) in [5.41, 5.74) is 0.755. The summed E-state index contributed by atoms with van der Waals surface area (Å²) in [6, 6.07) is 3.66. The molecule has 0 fully saturated rings. The molecule has 1 aromatic rings. The molecule has 0 unspecified atom stereocenters. The third-order valence-corrected chi connectivity index (χ3v) is 1.76. The molecule has 72 valence electrons. The monoisotopic (exact) mass is 183 g/mol. The van der Waals surface area contributed by atoms with Crippen LogP contribution in [0, 0.1) is 0 Å². The van der Waals surface area contributed by atoms with E-state index in [1.54, 1.807) is 19.2 Å². The molecule has 0 saturated carbocycles. The minimum Gasteiger partial charge on any atom is -0.493 e. The van der Waals surface area contributed by atoms with Crippen molar-refractivity contribution in [3.63, 3.8) is 0 Å². The van der Waals surface area contributed by atoms with E-state index in [0.717, 1.165) is 5.56 Å². The lowest BCUT2D eigenvalue weighted by Gasteiger charge is -2.08. The molecule has 0 aliphatic heterocycles. The van der Waals surface area contributed by atoms with Crippen LogP contribution >= 0.6 is 0 Å². The van der Waals surface area contributed by atoms with Gasteiger partial charge in [-0.3, -0.25) is 0 Å². The predicted molar refractivity (Wildman–Crippen MR) is 50.3 cm³/mol. The summed E-state index contributed by atoms with van der Waals surface area (Å²) in [6.45, 7) is 0.0291. The summed E-state index contributed by atoms with van der Waals surface area (Å²) in [6.07, 6.45) is 0.458. The fourth-order valence-electron chi connectivity index (χ4n) is 1.08. The molecule has 1 rings (SSSR count). The second-order valence-corrected chi connectivity index (χ2v) is 2.57. The number of ether oxygens (including phenoxy) is 2. The summed E-state index contributed by atoms with van der Waals surface area (Å²) in [4.78, 5) is 0. The maximum Gasteiger partial charge on any atom is 0.160 e. The van der Waals surface area contributed by atoms with Crippen molar-refractivity contribution in [1.82, 2.24) is 0 Å². The summed E-state index contributed by atoms with van der Waals surface area (Å²) in [5.74, 6) is 1.13. The normalized spacial score (nSPS) is 10.8. The van der Waals surface area contributed by atoms with Gasteiger partial charge in [0, 0.05) is 6.61 Å². The molecule has 0 radical (unpaired) electrons. The smallest absolute Gasteiger partial charge is 0.160 e. The zero-order valence-electron chi connectivity index (χ0n) is 8.83. The van der Waals surface area contributed by atoms with Crippen molar-refractivity contribution in [2.75, 3.05) is 20.8 Å². The van der Waals surface area contributed by atoms with E-state index in [2.05, 4.69) is 0 Å². The second-order valence-electron chi connectivity index (χ2n) is 2.57. The third kappa shape index (κ3) is 2.36. The Hall–Kier alpha value is -1.22. The highest BCUT2D eigenvalue weighted by Gasteiger charge is 2.03. The van der Waals surface area contributed by atoms with Crippen molar-refractivity contribution in [2.45, 2.75) is 6.42 Å². The highest BCUT2D eigenvalue weighted by Crippen LogP contribution is 2.27. The Kier molecular flexibility index (Phi) is 3.04. The summed E-state index contributed by atoms with van der Waals surface area (Å²) >= 11 is 0. The first-order valence-corrected chi connectivity index (χ1v) is 4.05. The first-order chi connectivity index (χ1) is 6.72. The highest BCUT2D eigenvalue weighted by atomic mass is 16.5. The number of aliphatic hydroxyl groups excluding tert-OH is 1.